The van der Waals surface area contributed by atoms with Crippen molar-refractivity contribution in [2.24, 2.45) is 5.28 Å². The number of carbonyl (C=O) groups excluding carboxylic acids is 1. The minimum Gasteiger partial charge on any atom is -0.569 e. The molecule has 102 valence electrons. The molecular formula is C9H15N3O6. The third-order valence-corrected chi connectivity index (χ3v) is 2.42. The summed E-state index contributed by atoms with van der Waals surface area (Å²) in [7, 11) is 0. The molecule has 0 aliphatic carbocycles. The molecule has 9 nitrogen and oxygen atoms in total. The molecule has 1 aliphatic heterocycles. The standard InChI is InChI=1S/C9H15N3O6/c1-2-8(13)17-6-18-10-12(16)11-5-3-4-7(11)9(14)15/h7H,2-6H2,1H3,(H,14,15). The molecule has 0 radical (unpaired) electrons. The Morgan fingerprint density at radius 3 is 2.94 bits per heavy atom. The zero-order valence-electron chi connectivity index (χ0n) is 9.94. The van der Waals surface area contributed by atoms with Crippen LogP contribution < -0.4 is 0 Å². The fourth-order valence-electron chi connectivity index (χ4n) is 1.52. The third-order valence-electron chi connectivity index (χ3n) is 2.42. The first-order valence-electron chi connectivity index (χ1n) is 5.51. The molecule has 0 aromatic rings. The normalized spacial score (nSPS) is 19.7. The van der Waals surface area contributed by atoms with E-state index in [1.54, 1.807) is 6.92 Å². The summed E-state index contributed by atoms with van der Waals surface area (Å²) >= 11 is 0. The predicted octanol–water partition coefficient (Wildman–Crippen LogP) is 0.255. The maximum Gasteiger partial charge on any atom is 0.332 e. The number of carboxylic acids is 1. The van der Waals surface area contributed by atoms with Crippen LogP contribution in [0.3, 0.4) is 0 Å². The number of ether oxygens (including phenoxy) is 1. The lowest BCUT2D eigenvalue weighted by Gasteiger charge is -2.16. The van der Waals surface area contributed by atoms with E-state index in [2.05, 4.69) is 14.9 Å². The number of esters is 1. The molecule has 0 bridgehead atoms. The second-order valence-corrected chi connectivity index (χ2v) is 3.61. The molecule has 0 aromatic heterocycles. The van der Waals surface area contributed by atoms with Crippen LogP contribution in [0, 0.1) is 5.21 Å². The van der Waals surface area contributed by atoms with Crippen molar-refractivity contribution in [3.63, 3.8) is 0 Å². The minimum absolute atomic E-state index is 0.0750. The predicted molar refractivity (Wildman–Crippen MR) is 55.8 cm³/mol. The van der Waals surface area contributed by atoms with Gasteiger partial charge in [0.2, 0.25) is 5.28 Å². The Labute approximate surface area is 103 Å². The fraction of sp³-hybridized carbons (Fsp3) is 0.778. The van der Waals surface area contributed by atoms with Crippen LogP contribution in [0.4, 0.5) is 0 Å². The molecule has 1 unspecified atom stereocenters. The highest BCUT2D eigenvalue weighted by Crippen LogP contribution is 2.17. The van der Waals surface area contributed by atoms with Gasteiger partial charge < -0.3 is 19.9 Å². The lowest BCUT2D eigenvalue weighted by Crippen LogP contribution is -2.40. The number of hydrogen-bond donors (Lipinski definition) is 1. The van der Waals surface area contributed by atoms with E-state index in [0.717, 1.165) is 5.01 Å². The van der Waals surface area contributed by atoms with Gasteiger partial charge in [0, 0.05) is 6.42 Å². The van der Waals surface area contributed by atoms with E-state index in [1.807, 2.05) is 0 Å². The molecule has 9 heteroatoms. The first kappa shape index (κ1) is 14.0. The zero-order chi connectivity index (χ0) is 13.5. The Hall–Kier alpha value is -2.06. The van der Waals surface area contributed by atoms with E-state index in [-0.39, 0.29) is 11.4 Å². The molecule has 1 heterocycles. The van der Waals surface area contributed by atoms with Gasteiger partial charge in [0.15, 0.2) is 6.04 Å². The van der Waals surface area contributed by atoms with Crippen molar-refractivity contribution in [1.29, 1.82) is 0 Å². The van der Waals surface area contributed by atoms with Crippen LogP contribution in [0.15, 0.2) is 5.28 Å². The van der Waals surface area contributed by atoms with Crippen LogP contribution in [0.25, 0.3) is 0 Å². The molecule has 0 aromatic carbocycles. The smallest absolute Gasteiger partial charge is 0.332 e. The zero-order valence-corrected chi connectivity index (χ0v) is 9.94. The molecule has 1 fully saturated rings. The van der Waals surface area contributed by atoms with E-state index in [9.17, 15) is 14.8 Å². The second-order valence-electron chi connectivity index (χ2n) is 3.61. The van der Waals surface area contributed by atoms with Crippen molar-refractivity contribution in [2.75, 3.05) is 13.3 Å². The van der Waals surface area contributed by atoms with Gasteiger partial charge in [-0.25, -0.2) is 4.79 Å². The average molecular weight is 261 g/mol. The molecule has 1 aliphatic rings. The van der Waals surface area contributed by atoms with Gasteiger partial charge in [0.25, 0.3) is 6.79 Å². The monoisotopic (exact) mass is 261 g/mol. The number of aliphatic carboxylic acids is 1. The summed E-state index contributed by atoms with van der Waals surface area (Å²) in [4.78, 5) is 26.1. The Morgan fingerprint density at radius 2 is 2.33 bits per heavy atom. The van der Waals surface area contributed by atoms with Crippen LogP contribution in [0.1, 0.15) is 26.2 Å². The van der Waals surface area contributed by atoms with Gasteiger partial charge in [-0.15, -0.1) is 5.01 Å². The lowest BCUT2D eigenvalue weighted by atomic mass is 10.2. The van der Waals surface area contributed by atoms with Crippen molar-refractivity contribution in [3.8, 4) is 0 Å². The number of carboxylic acid groups (broad SMARTS) is 1. The number of rotatable bonds is 6. The van der Waals surface area contributed by atoms with Crippen LogP contribution >= 0.6 is 0 Å². The van der Waals surface area contributed by atoms with E-state index in [1.165, 1.54) is 0 Å². The van der Waals surface area contributed by atoms with Gasteiger partial charge in [0.05, 0.1) is 11.5 Å². The largest absolute Gasteiger partial charge is 0.569 e. The summed E-state index contributed by atoms with van der Waals surface area (Å²) < 4.78 is 4.52. The molecule has 18 heavy (non-hydrogen) atoms. The topological polar surface area (TPSA) is 114 Å². The third kappa shape index (κ3) is 3.75. The number of hydrogen-bond acceptors (Lipinski definition) is 6. The highest BCUT2D eigenvalue weighted by Gasteiger charge is 2.36. The second kappa shape index (κ2) is 6.62. The molecule has 1 saturated heterocycles. The number of nitrogens with zero attached hydrogens (tertiary/aromatic N) is 3. The molecule has 1 N–H and O–H groups in total. The summed E-state index contributed by atoms with van der Waals surface area (Å²) in [6.45, 7) is 1.43. The molecule has 1 rings (SSSR count). The SMILES string of the molecule is CCC(=O)OCON=[N+]([O-])N1CCCC1C(=O)O. The Bertz CT molecular complexity index is 345. The van der Waals surface area contributed by atoms with Crippen LogP contribution in [0.5, 0.6) is 0 Å². The highest BCUT2D eigenvalue weighted by molar-refractivity contribution is 5.73. The van der Waals surface area contributed by atoms with E-state index in [0.29, 0.717) is 19.4 Å². The van der Waals surface area contributed by atoms with Gasteiger partial charge in [-0.05, 0) is 12.8 Å². The number of hydrazine groups is 1. The Kier molecular flexibility index (Phi) is 5.15. The Morgan fingerprint density at radius 1 is 1.61 bits per heavy atom. The van der Waals surface area contributed by atoms with Crippen LogP contribution in [-0.2, 0) is 19.2 Å². The summed E-state index contributed by atoms with van der Waals surface area (Å²) in [5.74, 6) is -1.56. The average Bonchev–Trinajstić information content (AvgIpc) is 2.83. The maximum absolute atomic E-state index is 11.4. The van der Waals surface area contributed by atoms with E-state index >= 15 is 0 Å². The quantitative estimate of drug-likeness (QED) is 0.182. The summed E-state index contributed by atoms with van der Waals surface area (Å²) in [5.41, 5.74) is 0. The van der Waals surface area contributed by atoms with Gasteiger partial charge >= 0.3 is 11.9 Å². The summed E-state index contributed by atoms with van der Waals surface area (Å²) in [6.07, 6.45) is 1.17. The van der Waals surface area contributed by atoms with Crippen molar-refractivity contribution in [2.45, 2.75) is 32.2 Å². The molecular weight excluding hydrogens is 246 g/mol. The lowest BCUT2D eigenvalue weighted by molar-refractivity contribution is -0.712. The van der Waals surface area contributed by atoms with Crippen molar-refractivity contribution < 1.29 is 29.2 Å². The van der Waals surface area contributed by atoms with Crippen LogP contribution in [-0.4, -0.2) is 46.4 Å². The summed E-state index contributed by atoms with van der Waals surface area (Å²) in [5, 5.41) is 24.4. The minimum atomic E-state index is -1.08. The molecule has 0 spiro atoms. The first-order valence-corrected chi connectivity index (χ1v) is 5.51. The van der Waals surface area contributed by atoms with Crippen molar-refractivity contribution in [3.05, 3.63) is 5.21 Å². The Balaban J connectivity index is 2.40. The number of carbonyl (C=O) groups is 2. The molecule has 1 atom stereocenters. The highest BCUT2D eigenvalue weighted by atomic mass is 16.8. The fourth-order valence-corrected chi connectivity index (χ4v) is 1.52. The molecule has 0 saturated carbocycles. The first-order chi connectivity index (χ1) is 8.56. The van der Waals surface area contributed by atoms with Crippen molar-refractivity contribution >= 4 is 11.9 Å². The summed E-state index contributed by atoms with van der Waals surface area (Å²) in [6, 6.07) is -0.895. The van der Waals surface area contributed by atoms with Gasteiger partial charge in [-0.1, -0.05) is 6.92 Å². The van der Waals surface area contributed by atoms with Gasteiger partial charge in [-0.3, -0.25) is 4.79 Å². The maximum atomic E-state index is 11.4. The van der Waals surface area contributed by atoms with Gasteiger partial charge in [0.1, 0.15) is 0 Å². The van der Waals surface area contributed by atoms with Gasteiger partial charge in [-0.2, -0.15) is 0 Å². The van der Waals surface area contributed by atoms with E-state index < -0.39 is 24.8 Å². The molecule has 0 amide bonds. The van der Waals surface area contributed by atoms with E-state index in [4.69, 9.17) is 5.11 Å². The van der Waals surface area contributed by atoms with Crippen molar-refractivity contribution in [1.82, 2.24) is 5.01 Å². The van der Waals surface area contributed by atoms with Crippen LogP contribution in [0.2, 0.25) is 0 Å².